The third kappa shape index (κ3) is 1.49. The van der Waals surface area contributed by atoms with Crippen molar-refractivity contribution in [2.45, 2.75) is 6.92 Å². The largest absolute Gasteiger partial charge is 0.277 e. The Morgan fingerprint density at radius 3 is 2.91 bits per heavy atom. The normalized spacial score (nSPS) is 10.6. The molecule has 3 heteroatoms. The van der Waals surface area contributed by atoms with Crippen LogP contribution < -0.4 is 5.56 Å². The van der Waals surface area contributed by atoms with Crippen molar-refractivity contribution in [2.24, 2.45) is 0 Å². The molecule has 0 atom stereocenters. The van der Waals surface area contributed by atoms with Gasteiger partial charge in [0.2, 0.25) is 0 Å². The molecule has 58 valence electrons. The zero-order chi connectivity index (χ0) is 8.27. The van der Waals surface area contributed by atoms with Gasteiger partial charge in [-0.2, -0.15) is 0 Å². The molecule has 0 aromatic carbocycles. The molecular weight excluding hydrogens is 158 g/mol. The van der Waals surface area contributed by atoms with Crippen LogP contribution in [0.15, 0.2) is 17.4 Å². The average molecular weight is 167 g/mol. The molecule has 0 aliphatic carbocycles. The zero-order valence-corrected chi connectivity index (χ0v) is 7.07. The van der Waals surface area contributed by atoms with E-state index in [2.05, 4.69) is 11.0 Å². The predicted octanol–water partition coefficient (Wildman–Crippen LogP) is 2.11. The third-order valence-electron chi connectivity index (χ3n) is 1.29. The maximum absolute atomic E-state index is 11.0. The van der Waals surface area contributed by atoms with Gasteiger partial charge in [0.25, 0.3) is 5.56 Å². The smallest absolute Gasteiger partial charge is 0.265 e. The summed E-state index contributed by atoms with van der Waals surface area (Å²) in [6.45, 7) is 5.47. The quantitative estimate of drug-likeness (QED) is 0.719. The fourth-order valence-electron chi connectivity index (χ4n) is 0.792. The van der Waals surface area contributed by atoms with Crippen molar-refractivity contribution >= 4 is 23.7 Å². The van der Waals surface area contributed by atoms with Crippen molar-refractivity contribution in [2.75, 3.05) is 0 Å². The highest BCUT2D eigenvalue weighted by Crippen LogP contribution is 2.11. The summed E-state index contributed by atoms with van der Waals surface area (Å²) >= 11 is 1.33. The lowest BCUT2D eigenvalue weighted by Gasteiger charge is -1.83. The van der Waals surface area contributed by atoms with Gasteiger partial charge in [0.05, 0.1) is 10.4 Å². The molecule has 0 radical (unpaired) electrons. The second kappa shape index (κ2) is 3.34. The molecule has 11 heavy (non-hydrogen) atoms. The molecular formula is C8H9NOS. The lowest BCUT2D eigenvalue weighted by atomic mass is 10.2. The van der Waals surface area contributed by atoms with E-state index in [1.807, 2.05) is 19.1 Å². The molecule has 1 N–H and O–H groups in total. The van der Waals surface area contributed by atoms with Crippen LogP contribution in [0, 0.1) is 0 Å². The van der Waals surface area contributed by atoms with Gasteiger partial charge in [-0.3, -0.25) is 9.17 Å². The number of H-pyrrole nitrogens is 1. The van der Waals surface area contributed by atoms with Gasteiger partial charge >= 0.3 is 0 Å². The maximum Gasteiger partial charge on any atom is 0.265 e. The minimum atomic E-state index is -0.0573. The van der Waals surface area contributed by atoms with Crippen LogP contribution in [0.4, 0.5) is 0 Å². The number of allylic oxidation sites excluding steroid dienone is 1. The Hall–Kier alpha value is -1.09. The Kier molecular flexibility index (Phi) is 2.44. The van der Waals surface area contributed by atoms with Gasteiger partial charge in [-0.25, -0.2) is 0 Å². The maximum atomic E-state index is 11.0. The second-order valence-corrected chi connectivity index (χ2v) is 2.86. The molecule has 0 fully saturated rings. The number of rotatable bonds is 2. The van der Waals surface area contributed by atoms with Crippen LogP contribution >= 0.6 is 11.5 Å². The Labute approximate surface area is 69.0 Å². The zero-order valence-electron chi connectivity index (χ0n) is 6.26. The molecule has 0 bridgehead atoms. The first kappa shape index (κ1) is 8.01. The highest BCUT2D eigenvalue weighted by Gasteiger charge is 2.01. The molecule has 0 saturated heterocycles. The van der Waals surface area contributed by atoms with Gasteiger partial charge < -0.3 is 0 Å². The van der Waals surface area contributed by atoms with Gasteiger partial charge in [0, 0.05) is 0 Å². The Balaban J connectivity index is 3.26. The van der Waals surface area contributed by atoms with Crippen LogP contribution in [0.25, 0.3) is 12.2 Å². The van der Waals surface area contributed by atoms with E-state index in [-0.39, 0.29) is 5.56 Å². The summed E-state index contributed by atoms with van der Waals surface area (Å²) < 4.78 is 2.64. The van der Waals surface area contributed by atoms with Crippen molar-refractivity contribution in [3.63, 3.8) is 0 Å². The Bertz CT molecular complexity index is 332. The number of aromatic nitrogens is 1. The third-order valence-corrected chi connectivity index (χ3v) is 2.15. The van der Waals surface area contributed by atoms with Crippen LogP contribution in [0.2, 0.25) is 0 Å². The number of aromatic amines is 1. The molecule has 1 aromatic heterocycles. The average Bonchev–Trinajstić information content (AvgIpc) is 2.33. The molecule has 2 nitrogen and oxygen atoms in total. The van der Waals surface area contributed by atoms with Crippen LogP contribution in [-0.2, 0) is 0 Å². The minimum absolute atomic E-state index is 0.0573. The minimum Gasteiger partial charge on any atom is -0.277 e. The molecule has 0 unspecified atom stereocenters. The summed E-state index contributed by atoms with van der Waals surface area (Å²) in [5.74, 6) is 0. The highest BCUT2D eigenvalue weighted by molar-refractivity contribution is 7.07. The predicted molar refractivity (Wildman–Crippen MR) is 49.7 cm³/mol. The van der Waals surface area contributed by atoms with Crippen molar-refractivity contribution in [1.29, 1.82) is 0 Å². The SMILES string of the molecule is C=Cc1c(/C=C\C)s[nH]c1=O. The van der Waals surface area contributed by atoms with E-state index < -0.39 is 0 Å². The summed E-state index contributed by atoms with van der Waals surface area (Å²) in [5.41, 5.74) is 0.603. The number of hydrogen-bond donors (Lipinski definition) is 1. The lowest BCUT2D eigenvalue weighted by Crippen LogP contribution is -2.00. The first-order valence-corrected chi connectivity index (χ1v) is 4.08. The van der Waals surface area contributed by atoms with Crippen LogP contribution in [-0.4, -0.2) is 4.37 Å². The molecule has 0 aliphatic rings. The fraction of sp³-hybridized carbons (Fsp3) is 0.125. The van der Waals surface area contributed by atoms with Crippen molar-refractivity contribution in [3.8, 4) is 0 Å². The van der Waals surface area contributed by atoms with Crippen LogP contribution in [0.3, 0.4) is 0 Å². The van der Waals surface area contributed by atoms with Crippen molar-refractivity contribution in [3.05, 3.63) is 33.4 Å². The molecule has 1 heterocycles. The fourth-order valence-corrected chi connectivity index (χ4v) is 1.59. The van der Waals surface area contributed by atoms with E-state index in [1.165, 1.54) is 11.5 Å². The Morgan fingerprint density at radius 1 is 1.64 bits per heavy atom. The summed E-state index contributed by atoms with van der Waals surface area (Å²) in [4.78, 5) is 11.9. The van der Waals surface area contributed by atoms with Gasteiger partial charge in [-0.1, -0.05) is 30.3 Å². The van der Waals surface area contributed by atoms with Crippen LogP contribution in [0.1, 0.15) is 17.4 Å². The summed E-state index contributed by atoms with van der Waals surface area (Å²) in [5, 5.41) is 0. The standard InChI is InChI=1S/C8H9NOS/c1-3-5-7-6(4-2)8(10)9-11-7/h3-5H,2H2,1H3,(H,9,10)/b5-3-. The molecule has 0 saturated carbocycles. The van der Waals surface area contributed by atoms with E-state index >= 15 is 0 Å². The van der Waals surface area contributed by atoms with Gasteiger partial charge in [-0.05, 0) is 13.0 Å². The summed E-state index contributed by atoms with van der Waals surface area (Å²) in [7, 11) is 0. The van der Waals surface area contributed by atoms with Crippen LogP contribution in [0.5, 0.6) is 0 Å². The molecule has 0 spiro atoms. The van der Waals surface area contributed by atoms with Gasteiger partial charge in [0.15, 0.2) is 0 Å². The van der Waals surface area contributed by atoms with E-state index in [4.69, 9.17) is 0 Å². The molecule has 0 amide bonds. The summed E-state index contributed by atoms with van der Waals surface area (Å²) in [6.07, 6.45) is 5.36. The second-order valence-electron chi connectivity index (χ2n) is 2.02. The number of hydrogen-bond acceptors (Lipinski definition) is 2. The van der Waals surface area contributed by atoms with E-state index in [1.54, 1.807) is 6.08 Å². The van der Waals surface area contributed by atoms with E-state index in [0.29, 0.717) is 5.56 Å². The van der Waals surface area contributed by atoms with Gasteiger partial charge in [-0.15, -0.1) is 0 Å². The Morgan fingerprint density at radius 2 is 2.36 bits per heavy atom. The monoisotopic (exact) mass is 167 g/mol. The van der Waals surface area contributed by atoms with E-state index in [9.17, 15) is 4.79 Å². The first-order valence-electron chi connectivity index (χ1n) is 3.26. The number of nitrogens with one attached hydrogen (secondary N) is 1. The first-order chi connectivity index (χ1) is 5.29. The molecule has 0 aliphatic heterocycles. The topological polar surface area (TPSA) is 32.9 Å². The molecule has 1 aromatic rings. The van der Waals surface area contributed by atoms with Crippen molar-refractivity contribution in [1.82, 2.24) is 4.37 Å². The van der Waals surface area contributed by atoms with Crippen molar-refractivity contribution < 1.29 is 0 Å². The highest BCUT2D eigenvalue weighted by atomic mass is 32.1. The van der Waals surface area contributed by atoms with Gasteiger partial charge in [0.1, 0.15) is 0 Å². The summed E-state index contributed by atoms with van der Waals surface area (Å²) in [6, 6.07) is 0. The lowest BCUT2D eigenvalue weighted by molar-refractivity contribution is 1.41. The molecule has 1 rings (SSSR count). The van der Waals surface area contributed by atoms with E-state index in [0.717, 1.165) is 4.88 Å².